The zero-order chi connectivity index (χ0) is 13.5. The molecule has 0 aliphatic carbocycles. The molecule has 0 heterocycles. The van der Waals surface area contributed by atoms with Gasteiger partial charge in [0.05, 0.1) is 6.04 Å². The second-order valence-electron chi connectivity index (χ2n) is 4.91. The average Bonchev–Trinajstić information content (AvgIpc) is 2.31. The largest absolute Gasteiger partial charge is 0.355 e. The maximum Gasteiger partial charge on any atom is 0.237 e. The quantitative estimate of drug-likeness (QED) is 0.812. The fraction of sp³-hybridized carbons (Fsp3) is 0.500. The monoisotopic (exact) mass is 252 g/mol. The smallest absolute Gasteiger partial charge is 0.237 e. The molecule has 0 aromatic heterocycles. The molecule has 0 bridgehead atoms. The van der Waals surface area contributed by atoms with Crippen molar-refractivity contribution in [2.24, 2.45) is 11.7 Å². The van der Waals surface area contributed by atoms with Crippen molar-refractivity contribution >= 4 is 5.91 Å². The summed E-state index contributed by atoms with van der Waals surface area (Å²) in [5.74, 6) is 0.118. The number of hydrogen-bond acceptors (Lipinski definition) is 2. The normalized spacial score (nSPS) is 12.5. The van der Waals surface area contributed by atoms with Gasteiger partial charge in [0.15, 0.2) is 0 Å². The molecule has 1 atom stereocenters. The lowest BCUT2D eigenvalue weighted by molar-refractivity contribution is -0.122. The summed E-state index contributed by atoms with van der Waals surface area (Å²) < 4.78 is 12.7. The Morgan fingerprint density at radius 1 is 1.33 bits per heavy atom. The molecule has 0 aliphatic rings. The lowest BCUT2D eigenvalue weighted by Crippen LogP contribution is -2.42. The summed E-state index contributed by atoms with van der Waals surface area (Å²) >= 11 is 0. The standard InChI is InChI=1S/C14H21FN2O/c1-10(2)7-8-17-14(18)13(16)9-11-3-5-12(15)6-4-11/h3-6,10,13H,7-9,16H2,1-2H3,(H,17,18). The molecule has 0 fully saturated rings. The van der Waals surface area contributed by atoms with Crippen LogP contribution in [0.5, 0.6) is 0 Å². The summed E-state index contributed by atoms with van der Waals surface area (Å²) in [5, 5.41) is 2.81. The summed E-state index contributed by atoms with van der Waals surface area (Å²) in [6.45, 7) is 4.85. The Bertz CT molecular complexity index is 376. The van der Waals surface area contributed by atoms with Crippen molar-refractivity contribution < 1.29 is 9.18 Å². The van der Waals surface area contributed by atoms with Crippen molar-refractivity contribution in [3.63, 3.8) is 0 Å². The van der Waals surface area contributed by atoms with Crippen LogP contribution >= 0.6 is 0 Å². The highest BCUT2D eigenvalue weighted by Gasteiger charge is 2.13. The third-order valence-electron chi connectivity index (χ3n) is 2.73. The first kappa shape index (κ1) is 14.6. The molecule has 18 heavy (non-hydrogen) atoms. The van der Waals surface area contributed by atoms with E-state index in [-0.39, 0.29) is 11.7 Å². The maximum absolute atomic E-state index is 12.7. The van der Waals surface area contributed by atoms with Crippen molar-refractivity contribution in [2.45, 2.75) is 32.7 Å². The van der Waals surface area contributed by atoms with Gasteiger partial charge in [0.25, 0.3) is 0 Å². The molecule has 3 nitrogen and oxygen atoms in total. The third kappa shape index (κ3) is 5.27. The van der Waals surface area contributed by atoms with Gasteiger partial charge < -0.3 is 11.1 Å². The minimum absolute atomic E-state index is 0.153. The van der Waals surface area contributed by atoms with E-state index in [4.69, 9.17) is 5.73 Å². The molecular formula is C14H21FN2O. The number of halogens is 1. The number of nitrogens with one attached hydrogen (secondary N) is 1. The van der Waals surface area contributed by atoms with Crippen LogP contribution in [0.2, 0.25) is 0 Å². The van der Waals surface area contributed by atoms with Crippen LogP contribution in [0.4, 0.5) is 4.39 Å². The lowest BCUT2D eigenvalue weighted by atomic mass is 10.1. The van der Waals surface area contributed by atoms with Crippen LogP contribution in [0.1, 0.15) is 25.8 Å². The summed E-state index contributed by atoms with van der Waals surface area (Å²) in [5.41, 5.74) is 6.66. The first-order valence-electron chi connectivity index (χ1n) is 6.26. The number of benzene rings is 1. The summed E-state index contributed by atoms with van der Waals surface area (Å²) in [6.07, 6.45) is 1.36. The van der Waals surface area contributed by atoms with Crippen molar-refractivity contribution in [1.82, 2.24) is 5.32 Å². The lowest BCUT2D eigenvalue weighted by Gasteiger charge is -2.13. The number of carbonyl (C=O) groups excluding carboxylic acids is 1. The van der Waals surface area contributed by atoms with E-state index < -0.39 is 6.04 Å². The predicted molar refractivity (Wildman–Crippen MR) is 70.5 cm³/mol. The first-order chi connectivity index (χ1) is 8.49. The van der Waals surface area contributed by atoms with Crippen LogP contribution in [0, 0.1) is 11.7 Å². The van der Waals surface area contributed by atoms with Gasteiger partial charge in [-0.25, -0.2) is 4.39 Å². The van der Waals surface area contributed by atoms with Crippen molar-refractivity contribution in [3.8, 4) is 0 Å². The zero-order valence-corrected chi connectivity index (χ0v) is 10.9. The zero-order valence-electron chi connectivity index (χ0n) is 10.9. The van der Waals surface area contributed by atoms with E-state index in [1.54, 1.807) is 12.1 Å². The molecule has 1 rings (SSSR count). The minimum Gasteiger partial charge on any atom is -0.355 e. The Labute approximate surface area is 108 Å². The highest BCUT2D eigenvalue weighted by Crippen LogP contribution is 2.05. The topological polar surface area (TPSA) is 55.1 Å². The molecule has 0 spiro atoms. The van der Waals surface area contributed by atoms with Crippen molar-refractivity contribution in [3.05, 3.63) is 35.6 Å². The second-order valence-corrected chi connectivity index (χ2v) is 4.91. The van der Waals surface area contributed by atoms with Gasteiger partial charge in [-0.15, -0.1) is 0 Å². The van der Waals surface area contributed by atoms with Crippen LogP contribution < -0.4 is 11.1 Å². The molecule has 4 heteroatoms. The Kier molecular flexibility index (Phi) is 5.78. The molecule has 1 aromatic rings. The Balaban J connectivity index is 2.37. The van der Waals surface area contributed by atoms with E-state index in [0.717, 1.165) is 12.0 Å². The van der Waals surface area contributed by atoms with Gasteiger partial charge in [-0.2, -0.15) is 0 Å². The van der Waals surface area contributed by atoms with Crippen LogP contribution in [-0.2, 0) is 11.2 Å². The van der Waals surface area contributed by atoms with Gasteiger partial charge in [0.2, 0.25) is 5.91 Å². The van der Waals surface area contributed by atoms with E-state index in [0.29, 0.717) is 18.9 Å². The fourth-order valence-corrected chi connectivity index (χ4v) is 1.58. The fourth-order valence-electron chi connectivity index (χ4n) is 1.58. The molecule has 1 unspecified atom stereocenters. The van der Waals surface area contributed by atoms with Crippen molar-refractivity contribution in [2.75, 3.05) is 6.54 Å². The van der Waals surface area contributed by atoms with Gasteiger partial charge in [-0.05, 0) is 36.5 Å². The molecular weight excluding hydrogens is 231 g/mol. The van der Waals surface area contributed by atoms with Gasteiger partial charge in [0.1, 0.15) is 5.82 Å². The minimum atomic E-state index is -0.581. The highest BCUT2D eigenvalue weighted by molar-refractivity contribution is 5.81. The van der Waals surface area contributed by atoms with Crippen LogP contribution in [0.25, 0.3) is 0 Å². The van der Waals surface area contributed by atoms with Crippen LogP contribution in [0.3, 0.4) is 0 Å². The van der Waals surface area contributed by atoms with E-state index >= 15 is 0 Å². The van der Waals surface area contributed by atoms with Gasteiger partial charge >= 0.3 is 0 Å². The van der Waals surface area contributed by atoms with E-state index in [1.165, 1.54) is 12.1 Å². The number of hydrogen-bond donors (Lipinski definition) is 2. The van der Waals surface area contributed by atoms with E-state index in [2.05, 4.69) is 19.2 Å². The molecule has 0 radical (unpaired) electrons. The molecule has 0 saturated heterocycles. The first-order valence-corrected chi connectivity index (χ1v) is 6.26. The summed E-state index contributed by atoms with van der Waals surface area (Å²) in [6, 6.07) is 5.47. The highest BCUT2D eigenvalue weighted by atomic mass is 19.1. The molecule has 3 N–H and O–H groups in total. The molecule has 0 aliphatic heterocycles. The van der Waals surface area contributed by atoms with E-state index in [1.807, 2.05) is 0 Å². The predicted octanol–water partition coefficient (Wildman–Crippen LogP) is 1.86. The van der Waals surface area contributed by atoms with Crippen LogP contribution in [-0.4, -0.2) is 18.5 Å². The van der Waals surface area contributed by atoms with Gasteiger partial charge in [0, 0.05) is 6.54 Å². The summed E-state index contributed by atoms with van der Waals surface area (Å²) in [4.78, 5) is 11.7. The Hall–Kier alpha value is -1.42. The number of rotatable bonds is 6. The molecule has 100 valence electrons. The Morgan fingerprint density at radius 2 is 1.94 bits per heavy atom. The summed E-state index contributed by atoms with van der Waals surface area (Å²) in [7, 11) is 0. The van der Waals surface area contributed by atoms with Crippen molar-refractivity contribution in [1.29, 1.82) is 0 Å². The average molecular weight is 252 g/mol. The van der Waals surface area contributed by atoms with Gasteiger partial charge in [-0.1, -0.05) is 26.0 Å². The number of amides is 1. The second kappa shape index (κ2) is 7.11. The third-order valence-corrected chi connectivity index (χ3v) is 2.73. The number of carbonyl (C=O) groups is 1. The molecule has 0 saturated carbocycles. The maximum atomic E-state index is 12.7. The Morgan fingerprint density at radius 3 is 2.50 bits per heavy atom. The van der Waals surface area contributed by atoms with E-state index in [9.17, 15) is 9.18 Å². The molecule has 1 aromatic carbocycles. The van der Waals surface area contributed by atoms with Crippen LogP contribution in [0.15, 0.2) is 24.3 Å². The number of nitrogens with two attached hydrogens (primary N) is 1. The van der Waals surface area contributed by atoms with Gasteiger partial charge in [-0.3, -0.25) is 4.79 Å². The molecule has 1 amide bonds. The SMILES string of the molecule is CC(C)CCNC(=O)C(N)Cc1ccc(F)cc1.